The van der Waals surface area contributed by atoms with Gasteiger partial charge in [0.2, 0.25) is 0 Å². The molecule has 1 aromatic carbocycles. The van der Waals surface area contributed by atoms with Crippen LogP contribution in [0.25, 0.3) is 16.3 Å². The molecule has 24 heavy (non-hydrogen) atoms. The van der Waals surface area contributed by atoms with E-state index in [-0.39, 0.29) is 0 Å². The Hall–Kier alpha value is -1.60. The SMILES string of the molecule is Clc1ccc(-n2ccnc2SCc2csc(-c3ccsc3)n2)cc1. The number of thioether (sulfide) groups is 1. The Bertz CT molecular complexity index is 926. The summed E-state index contributed by atoms with van der Waals surface area (Å²) in [6, 6.07) is 9.86. The van der Waals surface area contributed by atoms with Crippen LogP contribution in [-0.4, -0.2) is 14.5 Å². The predicted molar refractivity (Wildman–Crippen MR) is 104 cm³/mol. The van der Waals surface area contributed by atoms with Crippen molar-refractivity contribution >= 4 is 46.0 Å². The second-order valence-electron chi connectivity index (χ2n) is 5.00. The van der Waals surface area contributed by atoms with Gasteiger partial charge in [-0.05, 0) is 35.7 Å². The third kappa shape index (κ3) is 3.42. The number of hydrogen-bond acceptors (Lipinski definition) is 5. The fourth-order valence-corrected chi connectivity index (χ4v) is 4.85. The second-order valence-corrected chi connectivity index (χ2v) is 8.02. The van der Waals surface area contributed by atoms with E-state index in [1.54, 1.807) is 34.4 Å². The fraction of sp³-hybridized carbons (Fsp3) is 0.0588. The summed E-state index contributed by atoms with van der Waals surface area (Å²) in [6.07, 6.45) is 3.78. The van der Waals surface area contributed by atoms with Crippen LogP contribution in [0.4, 0.5) is 0 Å². The van der Waals surface area contributed by atoms with E-state index < -0.39 is 0 Å². The number of benzene rings is 1. The molecule has 0 atom stereocenters. The molecule has 0 saturated heterocycles. The molecule has 0 N–H and O–H groups in total. The molecular weight excluding hydrogens is 378 g/mol. The average Bonchev–Trinajstić information content (AvgIpc) is 3.34. The highest BCUT2D eigenvalue weighted by molar-refractivity contribution is 7.98. The number of imidazole rings is 1. The van der Waals surface area contributed by atoms with E-state index in [0.717, 1.165) is 32.3 Å². The van der Waals surface area contributed by atoms with Crippen molar-refractivity contribution in [2.75, 3.05) is 0 Å². The van der Waals surface area contributed by atoms with E-state index in [0.29, 0.717) is 0 Å². The van der Waals surface area contributed by atoms with E-state index in [1.807, 2.05) is 36.7 Å². The summed E-state index contributed by atoms with van der Waals surface area (Å²) < 4.78 is 2.06. The molecule has 3 heterocycles. The minimum Gasteiger partial charge on any atom is -0.295 e. The number of halogens is 1. The van der Waals surface area contributed by atoms with Gasteiger partial charge in [0, 0.05) is 45.2 Å². The van der Waals surface area contributed by atoms with Gasteiger partial charge < -0.3 is 0 Å². The van der Waals surface area contributed by atoms with Gasteiger partial charge in [-0.15, -0.1) is 11.3 Å². The van der Waals surface area contributed by atoms with Crippen molar-refractivity contribution in [3.8, 4) is 16.3 Å². The van der Waals surface area contributed by atoms with Crippen LogP contribution in [-0.2, 0) is 5.75 Å². The minimum atomic E-state index is 0.733. The predicted octanol–water partition coefficient (Wildman–Crippen LogP) is 6.00. The van der Waals surface area contributed by atoms with Crippen LogP contribution in [0, 0.1) is 0 Å². The van der Waals surface area contributed by atoms with E-state index in [4.69, 9.17) is 16.6 Å². The minimum absolute atomic E-state index is 0.733. The maximum atomic E-state index is 5.96. The fourth-order valence-electron chi connectivity index (χ4n) is 2.23. The Kier molecular flexibility index (Phi) is 4.71. The van der Waals surface area contributed by atoms with Gasteiger partial charge in [0.1, 0.15) is 5.01 Å². The second kappa shape index (κ2) is 7.11. The van der Waals surface area contributed by atoms with Crippen molar-refractivity contribution in [2.45, 2.75) is 10.9 Å². The Morgan fingerprint density at radius 2 is 2.00 bits per heavy atom. The summed E-state index contributed by atoms with van der Waals surface area (Å²) in [5, 5.41) is 9.08. The molecular formula is C17H12ClN3S3. The monoisotopic (exact) mass is 389 g/mol. The summed E-state index contributed by atoms with van der Waals surface area (Å²) in [4.78, 5) is 9.17. The first-order valence-corrected chi connectivity index (χ1v) is 10.4. The largest absolute Gasteiger partial charge is 0.295 e. The average molecular weight is 390 g/mol. The van der Waals surface area contributed by atoms with Gasteiger partial charge in [-0.1, -0.05) is 23.4 Å². The number of hydrogen-bond donors (Lipinski definition) is 0. The lowest BCUT2D eigenvalue weighted by molar-refractivity contribution is 0.894. The molecule has 0 aliphatic heterocycles. The van der Waals surface area contributed by atoms with Crippen molar-refractivity contribution in [3.05, 3.63) is 69.6 Å². The van der Waals surface area contributed by atoms with Gasteiger partial charge in [0.05, 0.1) is 5.69 Å². The maximum absolute atomic E-state index is 5.96. The number of nitrogens with zero attached hydrogens (tertiary/aromatic N) is 3. The van der Waals surface area contributed by atoms with Crippen molar-refractivity contribution in [2.24, 2.45) is 0 Å². The molecule has 0 aliphatic rings. The maximum Gasteiger partial charge on any atom is 0.172 e. The van der Waals surface area contributed by atoms with Crippen LogP contribution in [0.2, 0.25) is 5.02 Å². The first-order chi connectivity index (χ1) is 11.8. The summed E-state index contributed by atoms with van der Waals surface area (Å²) in [6.45, 7) is 0. The van der Waals surface area contributed by atoms with Crippen molar-refractivity contribution < 1.29 is 0 Å². The van der Waals surface area contributed by atoms with E-state index in [2.05, 4.69) is 31.8 Å². The smallest absolute Gasteiger partial charge is 0.172 e. The zero-order chi connectivity index (χ0) is 16.4. The number of aromatic nitrogens is 3. The zero-order valence-electron chi connectivity index (χ0n) is 12.4. The van der Waals surface area contributed by atoms with Crippen LogP contribution in [0.1, 0.15) is 5.69 Å². The van der Waals surface area contributed by atoms with Gasteiger partial charge in [0.15, 0.2) is 5.16 Å². The summed E-state index contributed by atoms with van der Waals surface area (Å²) in [5.41, 5.74) is 3.33. The van der Waals surface area contributed by atoms with Crippen LogP contribution >= 0.6 is 46.0 Å². The first-order valence-electron chi connectivity index (χ1n) is 7.19. The Balaban J connectivity index is 1.49. The Morgan fingerprint density at radius 3 is 2.79 bits per heavy atom. The van der Waals surface area contributed by atoms with Crippen LogP contribution < -0.4 is 0 Å². The van der Waals surface area contributed by atoms with Gasteiger partial charge in [-0.25, -0.2) is 9.97 Å². The Morgan fingerprint density at radius 1 is 1.12 bits per heavy atom. The lowest BCUT2D eigenvalue weighted by Crippen LogP contribution is -1.95. The molecule has 0 spiro atoms. The number of thiophene rings is 1. The van der Waals surface area contributed by atoms with Crippen LogP contribution in [0.3, 0.4) is 0 Å². The molecule has 0 amide bonds. The van der Waals surface area contributed by atoms with E-state index in [1.165, 1.54) is 5.56 Å². The summed E-state index contributed by atoms with van der Waals surface area (Å²) in [5.74, 6) is 0.797. The standard InChI is InChI=1S/C17H12ClN3S3/c18-13-1-3-15(4-2-13)21-7-6-19-17(21)24-11-14-10-23-16(20-14)12-5-8-22-9-12/h1-10H,11H2. The third-order valence-electron chi connectivity index (χ3n) is 3.38. The highest BCUT2D eigenvalue weighted by Gasteiger charge is 2.09. The molecule has 3 nitrogen and oxygen atoms in total. The van der Waals surface area contributed by atoms with Crippen LogP contribution in [0.5, 0.6) is 0 Å². The molecule has 0 bridgehead atoms. The molecule has 3 aromatic heterocycles. The molecule has 0 fully saturated rings. The molecule has 0 radical (unpaired) electrons. The number of thiazole rings is 1. The van der Waals surface area contributed by atoms with Gasteiger partial charge in [0.25, 0.3) is 0 Å². The Labute approximate surface area is 157 Å². The molecule has 4 aromatic rings. The molecule has 7 heteroatoms. The lowest BCUT2D eigenvalue weighted by atomic mass is 10.3. The normalized spacial score (nSPS) is 11.0. The van der Waals surface area contributed by atoms with E-state index >= 15 is 0 Å². The molecule has 0 saturated carbocycles. The molecule has 0 aliphatic carbocycles. The van der Waals surface area contributed by atoms with Gasteiger partial charge >= 0.3 is 0 Å². The first kappa shape index (κ1) is 15.9. The summed E-state index contributed by atoms with van der Waals surface area (Å²) >= 11 is 11.0. The van der Waals surface area contributed by atoms with E-state index in [9.17, 15) is 0 Å². The summed E-state index contributed by atoms with van der Waals surface area (Å²) in [7, 11) is 0. The molecule has 120 valence electrons. The lowest BCUT2D eigenvalue weighted by Gasteiger charge is -2.06. The zero-order valence-corrected chi connectivity index (χ0v) is 15.6. The van der Waals surface area contributed by atoms with Crippen molar-refractivity contribution in [3.63, 3.8) is 0 Å². The molecule has 4 rings (SSSR count). The number of rotatable bonds is 5. The van der Waals surface area contributed by atoms with Crippen molar-refractivity contribution in [1.82, 2.24) is 14.5 Å². The molecule has 0 unspecified atom stereocenters. The highest BCUT2D eigenvalue weighted by atomic mass is 35.5. The van der Waals surface area contributed by atoms with Crippen molar-refractivity contribution in [1.29, 1.82) is 0 Å². The van der Waals surface area contributed by atoms with Gasteiger partial charge in [-0.2, -0.15) is 11.3 Å². The quantitative estimate of drug-likeness (QED) is 0.392. The highest BCUT2D eigenvalue weighted by Crippen LogP contribution is 2.29. The third-order valence-corrected chi connectivity index (χ3v) is 6.26. The topological polar surface area (TPSA) is 30.7 Å². The van der Waals surface area contributed by atoms with Gasteiger partial charge in [-0.3, -0.25) is 4.57 Å². The van der Waals surface area contributed by atoms with Crippen LogP contribution in [0.15, 0.2) is 64.0 Å².